The Labute approximate surface area is 144 Å². The highest BCUT2D eigenvalue weighted by Gasteiger charge is 2.13. The lowest BCUT2D eigenvalue weighted by atomic mass is 10.1. The molecule has 25 heavy (non-hydrogen) atoms. The van der Waals surface area contributed by atoms with Crippen LogP contribution in [0.1, 0.15) is 5.56 Å². The quantitative estimate of drug-likeness (QED) is 0.433. The summed E-state index contributed by atoms with van der Waals surface area (Å²) in [4.78, 5) is 4.66. The van der Waals surface area contributed by atoms with Gasteiger partial charge in [0.1, 0.15) is 17.0 Å². The third-order valence-electron chi connectivity index (χ3n) is 3.93. The van der Waals surface area contributed by atoms with E-state index in [1.54, 1.807) is 18.2 Å². The maximum atomic E-state index is 13.8. The first-order valence-corrected chi connectivity index (χ1v) is 7.93. The summed E-state index contributed by atoms with van der Waals surface area (Å²) >= 11 is 0. The molecule has 0 radical (unpaired) electrons. The maximum absolute atomic E-state index is 13.8. The first-order valence-electron chi connectivity index (χ1n) is 7.93. The van der Waals surface area contributed by atoms with Crippen LogP contribution in [-0.4, -0.2) is 9.38 Å². The zero-order valence-electron chi connectivity index (χ0n) is 13.6. The van der Waals surface area contributed by atoms with Gasteiger partial charge in [0.15, 0.2) is 11.6 Å². The van der Waals surface area contributed by atoms with Gasteiger partial charge >= 0.3 is 0 Å². The minimum atomic E-state index is -0.406. The number of aryl methyl sites for hydroxylation is 1. The van der Waals surface area contributed by atoms with Crippen LogP contribution in [0.2, 0.25) is 0 Å². The normalized spacial score (nSPS) is 11.4. The van der Waals surface area contributed by atoms with Crippen LogP contribution >= 0.6 is 0 Å². The van der Waals surface area contributed by atoms with Gasteiger partial charge in [-0.2, -0.15) is 0 Å². The van der Waals surface area contributed by atoms with E-state index in [2.05, 4.69) is 15.2 Å². The van der Waals surface area contributed by atoms with Gasteiger partial charge < -0.3 is 0 Å². The molecule has 0 aliphatic rings. The summed E-state index contributed by atoms with van der Waals surface area (Å²) in [6.07, 6.45) is 1.87. The molecule has 0 unspecified atom stereocenters. The predicted octanol–water partition coefficient (Wildman–Crippen LogP) is 5.86. The van der Waals surface area contributed by atoms with E-state index in [9.17, 15) is 4.39 Å². The van der Waals surface area contributed by atoms with Crippen molar-refractivity contribution in [2.24, 2.45) is 10.2 Å². The average molecular weight is 330 g/mol. The molecule has 2 heterocycles. The lowest BCUT2D eigenvalue weighted by Crippen LogP contribution is -1.82. The highest BCUT2D eigenvalue weighted by Crippen LogP contribution is 2.32. The van der Waals surface area contributed by atoms with Crippen molar-refractivity contribution in [2.75, 3.05) is 0 Å². The van der Waals surface area contributed by atoms with Gasteiger partial charge in [0.05, 0.1) is 0 Å². The van der Waals surface area contributed by atoms with Crippen molar-refractivity contribution >= 4 is 17.2 Å². The van der Waals surface area contributed by atoms with Crippen LogP contribution < -0.4 is 0 Å². The van der Waals surface area contributed by atoms with Gasteiger partial charge in [0.25, 0.3) is 0 Å². The van der Waals surface area contributed by atoms with Crippen molar-refractivity contribution in [1.29, 1.82) is 0 Å². The first kappa shape index (κ1) is 15.2. The second-order valence-corrected chi connectivity index (χ2v) is 5.73. The molecule has 0 aliphatic carbocycles. The van der Waals surface area contributed by atoms with Crippen molar-refractivity contribution in [3.05, 3.63) is 84.3 Å². The zero-order valence-corrected chi connectivity index (χ0v) is 13.6. The molecule has 0 amide bonds. The summed E-state index contributed by atoms with van der Waals surface area (Å²) in [5, 5.41) is 8.40. The van der Waals surface area contributed by atoms with Crippen LogP contribution in [0.5, 0.6) is 0 Å². The molecule has 0 N–H and O–H groups in total. The number of nitrogens with zero attached hydrogens (tertiary/aromatic N) is 4. The number of benzene rings is 2. The molecular formula is C20H15FN4. The molecule has 4 rings (SSSR count). The van der Waals surface area contributed by atoms with E-state index in [0.717, 1.165) is 11.2 Å². The lowest BCUT2D eigenvalue weighted by molar-refractivity contribution is 0.628. The van der Waals surface area contributed by atoms with E-state index in [0.29, 0.717) is 11.5 Å². The monoisotopic (exact) mass is 330 g/mol. The van der Waals surface area contributed by atoms with Gasteiger partial charge in [-0.15, -0.1) is 10.2 Å². The van der Waals surface area contributed by atoms with E-state index < -0.39 is 5.82 Å². The Kier molecular flexibility index (Phi) is 3.82. The minimum absolute atomic E-state index is 0.197. The molecule has 0 fully saturated rings. The number of aromatic nitrogens is 2. The zero-order chi connectivity index (χ0) is 17.2. The second-order valence-electron chi connectivity index (χ2n) is 5.73. The number of halogens is 1. The SMILES string of the molecule is Cc1ccc(-c2nc3ccccn3c2N=Nc2ccccc2F)cc1. The van der Waals surface area contributed by atoms with Crippen LogP contribution in [0.25, 0.3) is 16.9 Å². The van der Waals surface area contributed by atoms with Crippen LogP contribution in [0, 0.1) is 12.7 Å². The highest BCUT2D eigenvalue weighted by molar-refractivity contribution is 5.74. The predicted molar refractivity (Wildman–Crippen MR) is 95.9 cm³/mol. The lowest BCUT2D eigenvalue weighted by Gasteiger charge is -2.01. The Balaban J connectivity index is 1.88. The van der Waals surface area contributed by atoms with Gasteiger partial charge in [-0.1, -0.05) is 48.0 Å². The molecule has 0 aliphatic heterocycles. The van der Waals surface area contributed by atoms with Crippen LogP contribution in [0.3, 0.4) is 0 Å². The molecule has 5 heteroatoms. The summed E-state index contributed by atoms with van der Waals surface area (Å²) in [7, 11) is 0. The summed E-state index contributed by atoms with van der Waals surface area (Å²) in [5.74, 6) is 0.166. The number of hydrogen-bond acceptors (Lipinski definition) is 3. The van der Waals surface area contributed by atoms with Gasteiger partial charge in [0, 0.05) is 11.8 Å². The van der Waals surface area contributed by atoms with Gasteiger partial charge in [-0.25, -0.2) is 9.37 Å². The molecule has 4 aromatic rings. The van der Waals surface area contributed by atoms with Gasteiger partial charge in [-0.3, -0.25) is 4.40 Å². The molecule has 0 saturated carbocycles. The van der Waals surface area contributed by atoms with Crippen molar-refractivity contribution in [3.63, 3.8) is 0 Å². The number of hydrogen-bond donors (Lipinski definition) is 0. The third kappa shape index (κ3) is 2.92. The Morgan fingerprint density at radius 2 is 1.64 bits per heavy atom. The fraction of sp³-hybridized carbons (Fsp3) is 0.0500. The maximum Gasteiger partial charge on any atom is 0.187 e. The molecule has 0 spiro atoms. The number of azo groups is 1. The van der Waals surface area contributed by atoms with Crippen molar-refractivity contribution < 1.29 is 4.39 Å². The van der Waals surface area contributed by atoms with E-state index in [-0.39, 0.29) is 5.69 Å². The Hall–Kier alpha value is -3.34. The molecule has 0 bridgehead atoms. The molecule has 2 aromatic carbocycles. The molecule has 2 aromatic heterocycles. The fourth-order valence-electron chi connectivity index (χ4n) is 2.62. The third-order valence-corrected chi connectivity index (χ3v) is 3.93. The second kappa shape index (κ2) is 6.28. The summed E-state index contributed by atoms with van der Waals surface area (Å²) in [6.45, 7) is 2.03. The smallest absolute Gasteiger partial charge is 0.187 e. The highest BCUT2D eigenvalue weighted by atomic mass is 19.1. The van der Waals surface area contributed by atoms with E-state index >= 15 is 0 Å². The van der Waals surface area contributed by atoms with Crippen molar-refractivity contribution in [2.45, 2.75) is 6.92 Å². The largest absolute Gasteiger partial charge is 0.283 e. The molecular weight excluding hydrogens is 315 g/mol. The Bertz CT molecular complexity index is 1060. The van der Waals surface area contributed by atoms with Crippen molar-refractivity contribution in [3.8, 4) is 11.3 Å². The van der Waals surface area contributed by atoms with Crippen LogP contribution in [0.15, 0.2) is 83.2 Å². The van der Waals surface area contributed by atoms with Crippen LogP contribution in [-0.2, 0) is 0 Å². The standard InChI is InChI=1S/C20H15FN4/c1-14-9-11-15(12-10-14)19-20(25-13-5-4-8-18(25)22-19)24-23-17-7-3-2-6-16(17)21/h2-13H,1H3. The Morgan fingerprint density at radius 3 is 2.44 bits per heavy atom. The van der Waals surface area contributed by atoms with E-state index in [1.807, 2.05) is 60.0 Å². The molecule has 4 nitrogen and oxygen atoms in total. The van der Waals surface area contributed by atoms with E-state index in [1.165, 1.54) is 11.6 Å². The van der Waals surface area contributed by atoms with E-state index in [4.69, 9.17) is 0 Å². The van der Waals surface area contributed by atoms with Gasteiger partial charge in [-0.05, 0) is 31.2 Å². The summed E-state index contributed by atoms with van der Waals surface area (Å²) in [6, 6.07) is 20.1. The molecule has 0 saturated heterocycles. The number of fused-ring (bicyclic) bond motifs is 1. The summed E-state index contributed by atoms with van der Waals surface area (Å²) in [5.41, 5.74) is 3.79. The van der Waals surface area contributed by atoms with Crippen molar-refractivity contribution in [1.82, 2.24) is 9.38 Å². The number of imidazole rings is 1. The number of rotatable bonds is 3. The fourth-order valence-corrected chi connectivity index (χ4v) is 2.62. The summed E-state index contributed by atoms with van der Waals surface area (Å²) < 4.78 is 15.7. The Morgan fingerprint density at radius 1 is 0.880 bits per heavy atom. The average Bonchev–Trinajstić information content (AvgIpc) is 3.00. The van der Waals surface area contributed by atoms with Crippen LogP contribution in [0.4, 0.5) is 15.9 Å². The number of pyridine rings is 1. The first-order chi connectivity index (χ1) is 12.2. The molecule has 0 atom stereocenters. The minimum Gasteiger partial charge on any atom is -0.283 e. The topological polar surface area (TPSA) is 42.0 Å². The van der Waals surface area contributed by atoms with Gasteiger partial charge in [0.2, 0.25) is 0 Å². The molecule has 122 valence electrons.